The van der Waals surface area contributed by atoms with Gasteiger partial charge >= 0.3 is 6.03 Å². The zero-order valence-electron chi connectivity index (χ0n) is 11.6. The third kappa shape index (κ3) is 4.02. The molecule has 0 heterocycles. The Balaban J connectivity index is 1.87. The smallest absolute Gasteiger partial charge is 0.319 e. The van der Waals surface area contributed by atoms with Crippen LogP contribution in [0.5, 0.6) is 5.75 Å². The standard InChI is InChI=1S/C16H18N2O2/c1-12-6-8-13(9-7-12)11-17-16(19)18-14-4-3-5-15(10-14)20-2/h3-10H,11H2,1-2H3,(H2,17,18,19). The molecular weight excluding hydrogens is 252 g/mol. The molecule has 2 rings (SSSR count). The quantitative estimate of drug-likeness (QED) is 0.895. The Morgan fingerprint density at radius 1 is 1.15 bits per heavy atom. The summed E-state index contributed by atoms with van der Waals surface area (Å²) in [5.74, 6) is 0.710. The second-order valence-corrected chi connectivity index (χ2v) is 4.53. The molecule has 2 aromatic rings. The van der Waals surface area contributed by atoms with Crippen molar-refractivity contribution in [1.29, 1.82) is 0 Å². The number of anilines is 1. The summed E-state index contributed by atoms with van der Waals surface area (Å²) in [6.45, 7) is 2.53. The maximum atomic E-state index is 11.8. The van der Waals surface area contributed by atoms with E-state index in [0.29, 0.717) is 18.0 Å². The molecule has 0 aromatic heterocycles. The van der Waals surface area contributed by atoms with Crippen LogP contribution in [0.4, 0.5) is 10.5 Å². The van der Waals surface area contributed by atoms with Gasteiger partial charge in [-0.1, -0.05) is 35.9 Å². The Labute approximate surface area is 118 Å². The minimum atomic E-state index is -0.237. The lowest BCUT2D eigenvalue weighted by Gasteiger charge is -2.09. The molecule has 0 atom stereocenters. The van der Waals surface area contributed by atoms with Gasteiger partial charge in [0.25, 0.3) is 0 Å². The van der Waals surface area contributed by atoms with E-state index in [9.17, 15) is 4.79 Å². The summed E-state index contributed by atoms with van der Waals surface area (Å²) in [6, 6.07) is 15.1. The number of amides is 2. The van der Waals surface area contributed by atoms with Crippen LogP contribution in [-0.2, 0) is 6.54 Å². The first-order valence-electron chi connectivity index (χ1n) is 6.42. The first kappa shape index (κ1) is 13.9. The topological polar surface area (TPSA) is 50.4 Å². The third-order valence-corrected chi connectivity index (χ3v) is 2.90. The fourth-order valence-corrected chi connectivity index (χ4v) is 1.76. The van der Waals surface area contributed by atoms with Crippen LogP contribution in [0, 0.1) is 6.92 Å². The fraction of sp³-hybridized carbons (Fsp3) is 0.188. The van der Waals surface area contributed by atoms with Crippen molar-refractivity contribution in [2.24, 2.45) is 0 Å². The summed E-state index contributed by atoms with van der Waals surface area (Å²) in [7, 11) is 1.59. The van der Waals surface area contributed by atoms with Gasteiger partial charge in [0.2, 0.25) is 0 Å². The minimum absolute atomic E-state index is 0.237. The molecule has 0 fully saturated rings. The Hall–Kier alpha value is -2.49. The average Bonchev–Trinajstić information content (AvgIpc) is 2.47. The van der Waals surface area contributed by atoms with E-state index < -0.39 is 0 Å². The van der Waals surface area contributed by atoms with E-state index in [0.717, 1.165) is 5.56 Å². The van der Waals surface area contributed by atoms with Gasteiger partial charge < -0.3 is 15.4 Å². The Kier molecular flexibility index (Phi) is 4.60. The van der Waals surface area contributed by atoms with E-state index >= 15 is 0 Å². The van der Waals surface area contributed by atoms with Gasteiger partial charge in [-0.3, -0.25) is 0 Å². The largest absolute Gasteiger partial charge is 0.497 e. The molecule has 0 saturated heterocycles. The predicted octanol–water partition coefficient (Wildman–Crippen LogP) is 3.33. The van der Waals surface area contributed by atoms with Crippen molar-refractivity contribution in [3.05, 3.63) is 59.7 Å². The number of urea groups is 1. The van der Waals surface area contributed by atoms with Crippen LogP contribution in [0.15, 0.2) is 48.5 Å². The van der Waals surface area contributed by atoms with Gasteiger partial charge in [0.05, 0.1) is 7.11 Å². The van der Waals surface area contributed by atoms with Crippen molar-refractivity contribution >= 4 is 11.7 Å². The SMILES string of the molecule is COc1cccc(NC(=O)NCc2ccc(C)cc2)c1. The molecule has 0 saturated carbocycles. The molecule has 4 heteroatoms. The van der Waals surface area contributed by atoms with E-state index in [4.69, 9.17) is 4.74 Å². The van der Waals surface area contributed by atoms with Crippen molar-refractivity contribution in [1.82, 2.24) is 5.32 Å². The summed E-state index contributed by atoms with van der Waals surface area (Å²) in [4.78, 5) is 11.8. The number of hydrogen-bond acceptors (Lipinski definition) is 2. The van der Waals surface area contributed by atoms with E-state index in [2.05, 4.69) is 10.6 Å². The Morgan fingerprint density at radius 2 is 1.90 bits per heavy atom. The number of aryl methyl sites for hydroxylation is 1. The molecule has 0 radical (unpaired) electrons. The number of carbonyl (C=O) groups is 1. The maximum absolute atomic E-state index is 11.8. The van der Waals surface area contributed by atoms with E-state index in [1.165, 1.54) is 5.56 Å². The van der Waals surface area contributed by atoms with Crippen molar-refractivity contribution in [2.75, 3.05) is 12.4 Å². The molecule has 0 spiro atoms. The van der Waals surface area contributed by atoms with Crippen LogP contribution < -0.4 is 15.4 Å². The van der Waals surface area contributed by atoms with Crippen molar-refractivity contribution < 1.29 is 9.53 Å². The second-order valence-electron chi connectivity index (χ2n) is 4.53. The Morgan fingerprint density at radius 3 is 2.60 bits per heavy atom. The summed E-state index contributed by atoms with van der Waals surface area (Å²) in [5, 5.41) is 5.58. The number of carbonyl (C=O) groups excluding carboxylic acids is 1. The van der Waals surface area contributed by atoms with Crippen LogP contribution in [0.25, 0.3) is 0 Å². The number of benzene rings is 2. The van der Waals surface area contributed by atoms with Crippen LogP contribution >= 0.6 is 0 Å². The molecule has 20 heavy (non-hydrogen) atoms. The number of ether oxygens (including phenoxy) is 1. The van der Waals surface area contributed by atoms with Gasteiger partial charge in [-0.2, -0.15) is 0 Å². The molecular formula is C16H18N2O2. The number of nitrogens with one attached hydrogen (secondary N) is 2. The molecule has 2 amide bonds. The summed E-state index contributed by atoms with van der Waals surface area (Å²) < 4.78 is 5.11. The van der Waals surface area contributed by atoms with Crippen LogP contribution in [0.3, 0.4) is 0 Å². The molecule has 2 aromatic carbocycles. The highest BCUT2D eigenvalue weighted by molar-refractivity contribution is 5.89. The highest BCUT2D eigenvalue weighted by atomic mass is 16.5. The van der Waals surface area contributed by atoms with Gasteiger partial charge in [-0.25, -0.2) is 4.79 Å². The van der Waals surface area contributed by atoms with Gasteiger partial charge in [0.15, 0.2) is 0 Å². The monoisotopic (exact) mass is 270 g/mol. The molecule has 0 unspecified atom stereocenters. The average molecular weight is 270 g/mol. The van der Waals surface area contributed by atoms with Gasteiger partial charge in [0, 0.05) is 18.3 Å². The van der Waals surface area contributed by atoms with Crippen LogP contribution in [0.1, 0.15) is 11.1 Å². The fourth-order valence-electron chi connectivity index (χ4n) is 1.76. The number of rotatable bonds is 4. The highest BCUT2D eigenvalue weighted by Gasteiger charge is 2.02. The number of hydrogen-bond donors (Lipinski definition) is 2. The van der Waals surface area contributed by atoms with Gasteiger partial charge in [0.1, 0.15) is 5.75 Å². The van der Waals surface area contributed by atoms with Gasteiger partial charge in [-0.15, -0.1) is 0 Å². The predicted molar refractivity (Wildman–Crippen MR) is 80.0 cm³/mol. The lowest BCUT2D eigenvalue weighted by Crippen LogP contribution is -2.28. The van der Waals surface area contributed by atoms with E-state index in [-0.39, 0.29) is 6.03 Å². The summed E-state index contributed by atoms with van der Waals surface area (Å²) in [5.41, 5.74) is 2.97. The Bertz CT molecular complexity index is 579. The van der Waals surface area contributed by atoms with E-state index in [1.54, 1.807) is 13.2 Å². The normalized spacial score (nSPS) is 9.90. The molecule has 104 valence electrons. The second kappa shape index (κ2) is 6.61. The third-order valence-electron chi connectivity index (χ3n) is 2.90. The molecule has 0 aliphatic heterocycles. The molecule has 2 N–H and O–H groups in total. The maximum Gasteiger partial charge on any atom is 0.319 e. The van der Waals surface area contributed by atoms with Crippen molar-refractivity contribution in [3.8, 4) is 5.75 Å². The minimum Gasteiger partial charge on any atom is -0.497 e. The van der Waals surface area contributed by atoms with Gasteiger partial charge in [-0.05, 0) is 24.6 Å². The first-order valence-corrected chi connectivity index (χ1v) is 6.42. The molecule has 0 aliphatic carbocycles. The molecule has 0 bridgehead atoms. The summed E-state index contributed by atoms with van der Waals surface area (Å²) in [6.07, 6.45) is 0. The van der Waals surface area contributed by atoms with Crippen LogP contribution in [0.2, 0.25) is 0 Å². The first-order chi connectivity index (χ1) is 9.67. The number of methoxy groups -OCH3 is 1. The van der Waals surface area contributed by atoms with Crippen LogP contribution in [-0.4, -0.2) is 13.1 Å². The highest BCUT2D eigenvalue weighted by Crippen LogP contribution is 2.16. The summed E-state index contributed by atoms with van der Waals surface area (Å²) >= 11 is 0. The van der Waals surface area contributed by atoms with E-state index in [1.807, 2.05) is 49.4 Å². The molecule has 4 nitrogen and oxygen atoms in total. The zero-order valence-corrected chi connectivity index (χ0v) is 11.6. The molecule has 0 aliphatic rings. The lowest BCUT2D eigenvalue weighted by atomic mass is 10.1. The van der Waals surface area contributed by atoms with Crippen molar-refractivity contribution in [3.63, 3.8) is 0 Å². The zero-order chi connectivity index (χ0) is 14.4. The lowest BCUT2D eigenvalue weighted by molar-refractivity contribution is 0.251. The van der Waals surface area contributed by atoms with Crippen molar-refractivity contribution in [2.45, 2.75) is 13.5 Å².